The summed E-state index contributed by atoms with van der Waals surface area (Å²) in [6.45, 7) is 1.40. The summed E-state index contributed by atoms with van der Waals surface area (Å²) in [5.74, 6) is 4.65. The van der Waals surface area contributed by atoms with Crippen molar-refractivity contribution in [3.8, 4) is 40.8 Å². The molecule has 0 aliphatic heterocycles. The van der Waals surface area contributed by atoms with Crippen molar-refractivity contribution in [2.75, 3.05) is 41.5 Å². The zero-order valence-electron chi connectivity index (χ0n) is 22.1. The molecule has 0 spiro atoms. The van der Waals surface area contributed by atoms with Gasteiger partial charge in [-0.05, 0) is 50.5 Å². The smallest absolute Gasteiger partial charge is 0.213 e. The van der Waals surface area contributed by atoms with Gasteiger partial charge < -0.3 is 28.9 Å². The minimum absolute atomic E-state index is 0. The van der Waals surface area contributed by atoms with Crippen molar-refractivity contribution >= 4 is 41.4 Å². The fourth-order valence-corrected chi connectivity index (χ4v) is 4.39. The molecule has 0 radical (unpaired) electrons. The van der Waals surface area contributed by atoms with Crippen molar-refractivity contribution in [1.82, 2.24) is 14.9 Å². The first-order chi connectivity index (χ1) is 18.0. The molecule has 1 unspecified atom stereocenters. The lowest BCUT2D eigenvalue weighted by atomic mass is 10.1. The second-order valence-corrected chi connectivity index (χ2v) is 8.87. The first-order valence-corrected chi connectivity index (χ1v) is 11.8. The van der Waals surface area contributed by atoms with Crippen LogP contribution in [0.3, 0.4) is 0 Å². The van der Waals surface area contributed by atoms with Gasteiger partial charge in [0.25, 0.3) is 0 Å². The summed E-state index contributed by atoms with van der Waals surface area (Å²) < 4.78 is 17.2. The van der Waals surface area contributed by atoms with Crippen LogP contribution in [0.15, 0.2) is 60.0 Å². The molecule has 1 N–H and O–H groups in total. The van der Waals surface area contributed by atoms with Gasteiger partial charge in [0.15, 0.2) is 11.5 Å². The lowest BCUT2D eigenvalue weighted by Gasteiger charge is -2.13. The van der Waals surface area contributed by atoms with Gasteiger partial charge in [0.1, 0.15) is 18.1 Å². The third-order valence-electron chi connectivity index (χ3n) is 6.25. The number of methoxy groups -OCH3 is 2. The highest BCUT2D eigenvalue weighted by Gasteiger charge is 2.32. The molecule has 8 nitrogen and oxygen atoms in total. The van der Waals surface area contributed by atoms with E-state index in [1.807, 2.05) is 56.6 Å². The molecule has 2 aromatic carbocycles. The number of rotatable bonds is 9. The number of pyridine rings is 1. The zero-order valence-corrected chi connectivity index (χ0v) is 23.7. The molecule has 39 heavy (non-hydrogen) atoms. The van der Waals surface area contributed by atoms with Gasteiger partial charge in [0.2, 0.25) is 6.10 Å². The molecule has 0 saturated heterocycles. The predicted molar refractivity (Wildman–Crippen MR) is 158 cm³/mol. The fourth-order valence-electron chi connectivity index (χ4n) is 4.39. The molecule has 1 aliphatic rings. The molecular formula is C29H30Cl2N4O4. The first-order valence-electron chi connectivity index (χ1n) is 11.8. The van der Waals surface area contributed by atoms with E-state index < -0.39 is 6.10 Å². The van der Waals surface area contributed by atoms with Crippen LogP contribution < -0.4 is 14.2 Å². The average Bonchev–Trinajstić information content (AvgIpc) is 3.43. The third kappa shape index (κ3) is 5.76. The molecule has 0 fully saturated rings. The number of aromatic amines is 1. The van der Waals surface area contributed by atoms with Crippen LogP contribution in [0.4, 0.5) is 0 Å². The van der Waals surface area contributed by atoms with Gasteiger partial charge in [-0.2, -0.15) is 0 Å². The van der Waals surface area contributed by atoms with Gasteiger partial charge >= 0.3 is 0 Å². The molecule has 0 saturated carbocycles. The number of nitrogens with one attached hydrogen (secondary N) is 1. The standard InChI is InChI=1S/C29H28N4O4.2ClH/c1-6-24(18-8-7-11-30-17-18)37-32-29-21-16-26(35-5)25(34-4)15-20(21)28-27(29)22-14-19(9-10-23(22)31-28)36-13-12-33(2)3;;/h1,7-11,14-17,24,31H,12-13H2,2-5H3;2*1H/b32-29-;;. The first kappa shape index (κ1) is 29.7. The van der Waals surface area contributed by atoms with Crippen molar-refractivity contribution in [2.45, 2.75) is 6.10 Å². The number of oxime groups is 1. The van der Waals surface area contributed by atoms with Gasteiger partial charge in [0, 0.05) is 52.1 Å². The monoisotopic (exact) mass is 568 g/mol. The molecule has 204 valence electrons. The summed E-state index contributed by atoms with van der Waals surface area (Å²) in [7, 11) is 7.26. The number of aromatic nitrogens is 2. The number of terminal acetylenes is 1. The Kier molecular flexibility index (Phi) is 9.71. The number of likely N-dealkylation sites (N-methyl/N-ethyl adjacent to an activating group) is 1. The number of fused-ring (bicyclic) bond motifs is 5. The largest absolute Gasteiger partial charge is 0.493 e. The summed E-state index contributed by atoms with van der Waals surface area (Å²) in [5.41, 5.74) is 5.94. The molecule has 2 aromatic heterocycles. The van der Waals surface area contributed by atoms with E-state index in [1.54, 1.807) is 26.6 Å². The van der Waals surface area contributed by atoms with Crippen LogP contribution in [0.25, 0.3) is 22.2 Å². The molecule has 0 amide bonds. The maximum atomic E-state index is 6.01. The van der Waals surface area contributed by atoms with Crippen LogP contribution in [0.2, 0.25) is 0 Å². The van der Waals surface area contributed by atoms with Crippen molar-refractivity contribution < 1.29 is 19.0 Å². The number of halogens is 2. The second-order valence-electron chi connectivity index (χ2n) is 8.87. The van der Waals surface area contributed by atoms with E-state index in [9.17, 15) is 0 Å². The number of benzene rings is 2. The van der Waals surface area contributed by atoms with Crippen molar-refractivity contribution in [2.24, 2.45) is 5.16 Å². The number of hydrogen-bond donors (Lipinski definition) is 1. The predicted octanol–water partition coefficient (Wildman–Crippen LogP) is 5.49. The summed E-state index contributed by atoms with van der Waals surface area (Å²) >= 11 is 0. The minimum atomic E-state index is -0.691. The molecule has 1 atom stereocenters. The highest BCUT2D eigenvalue weighted by molar-refractivity contribution is 6.30. The highest BCUT2D eigenvalue weighted by Crippen LogP contribution is 2.46. The lowest BCUT2D eigenvalue weighted by Crippen LogP contribution is -2.19. The third-order valence-corrected chi connectivity index (χ3v) is 6.25. The number of hydrogen-bond acceptors (Lipinski definition) is 7. The van der Waals surface area contributed by atoms with E-state index in [2.05, 4.69) is 25.9 Å². The maximum Gasteiger partial charge on any atom is 0.213 e. The van der Waals surface area contributed by atoms with Gasteiger partial charge in [0.05, 0.1) is 19.9 Å². The molecule has 1 aliphatic carbocycles. The van der Waals surface area contributed by atoms with Gasteiger partial charge in [-0.3, -0.25) is 4.98 Å². The molecule has 10 heteroatoms. The van der Waals surface area contributed by atoms with Crippen LogP contribution >= 0.6 is 24.8 Å². The molecule has 2 heterocycles. The molecule has 0 bridgehead atoms. The maximum absolute atomic E-state index is 6.01. The number of H-pyrrole nitrogens is 1. The SMILES string of the molecule is C#CC(O/N=C1/c2cc(OC)c(OC)cc2-c2[nH]c3ccc(OCCN(C)C)cc3c21)c1cccnc1.Cl.Cl. The second kappa shape index (κ2) is 12.8. The van der Waals surface area contributed by atoms with Crippen LogP contribution in [-0.2, 0) is 4.84 Å². The van der Waals surface area contributed by atoms with Crippen molar-refractivity contribution in [3.05, 3.63) is 71.5 Å². The zero-order chi connectivity index (χ0) is 25.9. The van der Waals surface area contributed by atoms with E-state index in [0.29, 0.717) is 23.8 Å². The lowest BCUT2D eigenvalue weighted by molar-refractivity contribution is 0.0998. The Morgan fingerprint density at radius 2 is 1.79 bits per heavy atom. The van der Waals surface area contributed by atoms with Crippen LogP contribution in [-0.4, -0.2) is 62.0 Å². The van der Waals surface area contributed by atoms with E-state index >= 15 is 0 Å². The number of ether oxygens (including phenoxy) is 3. The Morgan fingerprint density at radius 1 is 1.05 bits per heavy atom. The summed E-state index contributed by atoms with van der Waals surface area (Å²) in [4.78, 5) is 15.7. The Labute approximate surface area is 240 Å². The Bertz CT molecular complexity index is 1510. The minimum Gasteiger partial charge on any atom is -0.493 e. The Hall–Kier alpha value is -3.90. The summed E-state index contributed by atoms with van der Waals surface area (Å²) in [6, 6.07) is 13.5. The van der Waals surface area contributed by atoms with E-state index in [4.69, 9.17) is 25.5 Å². The van der Waals surface area contributed by atoms with E-state index in [1.165, 1.54) is 0 Å². The highest BCUT2D eigenvalue weighted by atomic mass is 35.5. The van der Waals surface area contributed by atoms with Crippen molar-refractivity contribution in [1.29, 1.82) is 0 Å². The topological polar surface area (TPSA) is 81.2 Å². The van der Waals surface area contributed by atoms with Crippen LogP contribution in [0.1, 0.15) is 22.8 Å². The van der Waals surface area contributed by atoms with Crippen LogP contribution in [0.5, 0.6) is 17.2 Å². The molecule has 4 aromatic rings. The number of nitrogens with zero attached hydrogens (tertiary/aromatic N) is 3. The van der Waals surface area contributed by atoms with Gasteiger partial charge in [-0.15, -0.1) is 31.2 Å². The van der Waals surface area contributed by atoms with Crippen molar-refractivity contribution in [3.63, 3.8) is 0 Å². The Morgan fingerprint density at radius 3 is 2.44 bits per heavy atom. The molecule has 5 rings (SSSR count). The van der Waals surface area contributed by atoms with Crippen LogP contribution in [0, 0.1) is 12.3 Å². The average molecular weight is 569 g/mol. The van der Waals surface area contributed by atoms with Gasteiger partial charge in [-0.25, -0.2) is 0 Å². The summed E-state index contributed by atoms with van der Waals surface area (Å²) in [5, 5.41) is 5.57. The Balaban J connectivity index is 0.00000210. The summed E-state index contributed by atoms with van der Waals surface area (Å²) in [6.07, 6.45) is 8.46. The normalized spacial score (nSPS) is 13.1. The van der Waals surface area contributed by atoms with E-state index in [0.717, 1.165) is 51.1 Å². The van der Waals surface area contributed by atoms with Gasteiger partial charge in [-0.1, -0.05) is 17.1 Å². The van der Waals surface area contributed by atoms with E-state index in [-0.39, 0.29) is 24.8 Å². The molecular weight excluding hydrogens is 539 g/mol. The fraction of sp³-hybridized carbons (Fsp3) is 0.241. The quantitative estimate of drug-likeness (QED) is 0.187.